The van der Waals surface area contributed by atoms with Crippen LogP contribution in [0.15, 0.2) is 30.0 Å². The zero-order valence-corrected chi connectivity index (χ0v) is 14.9. The number of hydrogen-bond donors (Lipinski definition) is 1. The monoisotopic (exact) mass is 325 g/mol. The second-order valence-corrected chi connectivity index (χ2v) is 6.51. The molecule has 0 spiro atoms. The van der Waals surface area contributed by atoms with Gasteiger partial charge in [0.15, 0.2) is 0 Å². The minimum Gasteiger partial charge on any atom is -0.376 e. The molecule has 1 saturated heterocycles. The standard InChI is InChI=1S/C20H27N3O/c1-4-16-9-6-10-17(5-2)19(16)22-20(24)18(12-21)14-23-11-7-8-15(3)13-23/h6,9-10,14-15H,4-5,7-8,11,13H2,1-3H3,(H,22,24)/b18-14-. The molecule has 128 valence electrons. The van der Waals surface area contributed by atoms with E-state index in [1.807, 2.05) is 18.2 Å². The molecule has 4 heteroatoms. The number of carbonyl (C=O) groups is 1. The average Bonchev–Trinajstić information content (AvgIpc) is 2.59. The quantitative estimate of drug-likeness (QED) is 0.660. The van der Waals surface area contributed by atoms with Crippen LogP contribution in [0.2, 0.25) is 0 Å². The summed E-state index contributed by atoms with van der Waals surface area (Å²) in [6, 6.07) is 8.13. The van der Waals surface area contributed by atoms with Crippen molar-refractivity contribution in [2.75, 3.05) is 18.4 Å². The number of para-hydroxylation sites is 1. The van der Waals surface area contributed by atoms with E-state index in [1.165, 1.54) is 6.42 Å². The number of aryl methyl sites for hydroxylation is 2. The van der Waals surface area contributed by atoms with Gasteiger partial charge in [-0.25, -0.2) is 0 Å². The number of benzene rings is 1. The second-order valence-electron chi connectivity index (χ2n) is 6.51. The van der Waals surface area contributed by atoms with E-state index in [4.69, 9.17) is 0 Å². The SMILES string of the molecule is CCc1cccc(CC)c1NC(=O)/C(C#N)=C\N1CCCC(C)C1. The van der Waals surface area contributed by atoms with Gasteiger partial charge in [-0.05, 0) is 42.7 Å². The number of anilines is 1. The number of nitrogens with zero attached hydrogens (tertiary/aromatic N) is 2. The molecule has 1 N–H and O–H groups in total. The lowest BCUT2D eigenvalue weighted by Crippen LogP contribution is -2.31. The highest BCUT2D eigenvalue weighted by atomic mass is 16.1. The summed E-state index contributed by atoms with van der Waals surface area (Å²) in [5.74, 6) is 0.289. The maximum atomic E-state index is 12.6. The van der Waals surface area contributed by atoms with Crippen LogP contribution in [0.3, 0.4) is 0 Å². The van der Waals surface area contributed by atoms with Crippen LogP contribution in [0, 0.1) is 17.2 Å². The molecule has 24 heavy (non-hydrogen) atoms. The summed E-state index contributed by atoms with van der Waals surface area (Å²) in [4.78, 5) is 14.7. The molecule has 1 heterocycles. The summed E-state index contributed by atoms with van der Waals surface area (Å²) < 4.78 is 0. The number of carbonyl (C=O) groups excluding carboxylic acids is 1. The summed E-state index contributed by atoms with van der Waals surface area (Å²) in [5, 5.41) is 12.4. The van der Waals surface area contributed by atoms with Crippen molar-refractivity contribution in [2.45, 2.75) is 46.5 Å². The number of rotatable bonds is 5. The first-order chi connectivity index (χ1) is 11.6. The third kappa shape index (κ3) is 4.38. The minimum atomic E-state index is -0.314. The van der Waals surface area contributed by atoms with E-state index in [-0.39, 0.29) is 11.5 Å². The molecule has 0 radical (unpaired) electrons. The normalized spacial score (nSPS) is 18.2. The first-order valence-electron chi connectivity index (χ1n) is 8.87. The molecule has 4 nitrogen and oxygen atoms in total. The summed E-state index contributed by atoms with van der Waals surface area (Å²) >= 11 is 0. The Kier molecular flexibility index (Phi) is 6.43. The van der Waals surface area contributed by atoms with Crippen molar-refractivity contribution in [1.29, 1.82) is 5.26 Å². The number of piperidine rings is 1. The Hall–Kier alpha value is -2.28. The van der Waals surface area contributed by atoms with Crippen molar-refractivity contribution in [3.8, 4) is 6.07 Å². The molecule has 1 atom stereocenters. The van der Waals surface area contributed by atoms with Crippen LogP contribution < -0.4 is 5.32 Å². The predicted molar refractivity (Wildman–Crippen MR) is 97.5 cm³/mol. The molecule has 1 unspecified atom stereocenters. The zero-order valence-electron chi connectivity index (χ0n) is 14.9. The average molecular weight is 325 g/mol. The maximum Gasteiger partial charge on any atom is 0.267 e. The van der Waals surface area contributed by atoms with Crippen LogP contribution in [0.5, 0.6) is 0 Å². The van der Waals surface area contributed by atoms with Crippen molar-refractivity contribution in [1.82, 2.24) is 4.90 Å². The summed E-state index contributed by atoms with van der Waals surface area (Å²) in [7, 11) is 0. The van der Waals surface area contributed by atoms with E-state index in [0.717, 1.165) is 49.2 Å². The Morgan fingerprint density at radius 2 is 2.04 bits per heavy atom. The molecule has 1 aromatic rings. The van der Waals surface area contributed by atoms with Crippen LogP contribution in [-0.4, -0.2) is 23.9 Å². The molecule has 0 aliphatic carbocycles. The maximum absolute atomic E-state index is 12.6. The lowest BCUT2D eigenvalue weighted by Gasteiger charge is -2.29. The molecular weight excluding hydrogens is 298 g/mol. The van der Waals surface area contributed by atoms with Gasteiger partial charge in [0.25, 0.3) is 5.91 Å². The zero-order chi connectivity index (χ0) is 17.5. The van der Waals surface area contributed by atoms with Gasteiger partial charge in [0.2, 0.25) is 0 Å². The van der Waals surface area contributed by atoms with Gasteiger partial charge in [0.1, 0.15) is 11.6 Å². The van der Waals surface area contributed by atoms with E-state index < -0.39 is 0 Å². The highest BCUT2D eigenvalue weighted by molar-refractivity contribution is 6.07. The van der Waals surface area contributed by atoms with Crippen LogP contribution in [-0.2, 0) is 17.6 Å². The van der Waals surface area contributed by atoms with E-state index in [1.54, 1.807) is 6.20 Å². The number of nitriles is 1. The Balaban J connectivity index is 2.20. The molecule has 1 aliphatic heterocycles. The van der Waals surface area contributed by atoms with E-state index in [2.05, 4.69) is 37.1 Å². The van der Waals surface area contributed by atoms with Gasteiger partial charge in [-0.1, -0.05) is 39.0 Å². The number of hydrogen-bond acceptors (Lipinski definition) is 3. The van der Waals surface area contributed by atoms with Gasteiger partial charge >= 0.3 is 0 Å². The Labute approximate surface area is 145 Å². The Bertz CT molecular complexity index is 635. The second kappa shape index (κ2) is 8.54. The fourth-order valence-electron chi connectivity index (χ4n) is 3.25. The summed E-state index contributed by atoms with van der Waals surface area (Å²) in [6.45, 7) is 8.16. The van der Waals surface area contributed by atoms with Gasteiger partial charge in [-0.2, -0.15) is 5.26 Å². The summed E-state index contributed by atoms with van der Waals surface area (Å²) in [5.41, 5.74) is 3.25. The number of nitrogens with one attached hydrogen (secondary N) is 1. The van der Waals surface area contributed by atoms with Crippen LogP contribution in [0.25, 0.3) is 0 Å². The molecule has 1 fully saturated rings. The largest absolute Gasteiger partial charge is 0.376 e. The van der Waals surface area contributed by atoms with Crippen molar-refractivity contribution in [2.24, 2.45) is 5.92 Å². The fraction of sp³-hybridized carbons (Fsp3) is 0.500. The fourth-order valence-corrected chi connectivity index (χ4v) is 3.25. The van der Waals surface area contributed by atoms with Crippen molar-refractivity contribution in [3.63, 3.8) is 0 Å². The van der Waals surface area contributed by atoms with E-state index >= 15 is 0 Å². The topological polar surface area (TPSA) is 56.1 Å². The van der Waals surface area contributed by atoms with Crippen molar-refractivity contribution in [3.05, 3.63) is 41.1 Å². The van der Waals surface area contributed by atoms with Crippen LogP contribution in [0.4, 0.5) is 5.69 Å². The molecule has 1 aliphatic rings. The molecule has 1 amide bonds. The number of likely N-dealkylation sites (tertiary alicyclic amines) is 1. The predicted octanol–water partition coefficient (Wildman–Crippen LogP) is 3.89. The Morgan fingerprint density at radius 1 is 1.38 bits per heavy atom. The molecule has 2 rings (SSSR count). The molecule has 1 aromatic carbocycles. The molecule has 0 aromatic heterocycles. The highest BCUT2D eigenvalue weighted by Crippen LogP contribution is 2.23. The summed E-state index contributed by atoms with van der Waals surface area (Å²) in [6.07, 6.45) is 5.74. The van der Waals surface area contributed by atoms with E-state index in [9.17, 15) is 10.1 Å². The molecule has 0 saturated carbocycles. The first-order valence-corrected chi connectivity index (χ1v) is 8.87. The Morgan fingerprint density at radius 3 is 2.58 bits per heavy atom. The van der Waals surface area contributed by atoms with Gasteiger partial charge < -0.3 is 10.2 Å². The number of amides is 1. The lowest BCUT2D eigenvalue weighted by atomic mass is 10.0. The third-order valence-electron chi connectivity index (χ3n) is 4.60. The van der Waals surface area contributed by atoms with Crippen LogP contribution >= 0.6 is 0 Å². The van der Waals surface area contributed by atoms with Gasteiger partial charge in [0, 0.05) is 25.0 Å². The van der Waals surface area contributed by atoms with Gasteiger partial charge in [-0.15, -0.1) is 0 Å². The van der Waals surface area contributed by atoms with Crippen molar-refractivity contribution >= 4 is 11.6 Å². The highest BCUT2D eigenvalue weighted by Gasteiger charge is 2.18. The van der Waals surface area contributed by atoms with Gasteiger partial charge in [0.05, 0.1) is 0 Å². The smallest absolute Gasteiger partial charge is 0.267 e. The van der Waals surface area contributed by atoms with Crippen LogP contribution in [0.1, 0.15) is 44.7 Å². The lowest BCUT2D eigenvalue weighted by molar-refractivity contribution is -0.112. The minimum absolute atomic E-state index is 0.178. The third-order valence-corrected chi connectivity index (χ3v) is 4.60. The van der Waals surface area contributed by atoms with Crippen molar-refractivity contribution < 1.29 is 4.79 Å². The molecular formula is C20H27N3O. The van der Waals surface area contributed by atoms with Gasteiger partial charge in [-0.3, -0.25) is 4.79 Å². The van der Waals surface area contributed by atoms with E-state index in [0.29, 0.717) is 5.92 Å². The first kappa shape index (κ1) is 18.1. The molecule has 0 bridgehead atoms.